The third-order valence-electron chi connectivity index (χ3n) is 4.63. The number of fused-ring (bicyclic) bond motifs is 1. The van der Waals surface area contributed by atoms with Gasteiger partial charge in [0.25, 0.3) is 0 Å². The number of aromatic nitrogens is 1. The number of piperazine rings is 1. The maximum atomic E-state index is 12.5. The van der Waals surface area contributed by atoms with Gasteiger partial charge in [-0.3, -0.25) is 4.98 Å². The summed E-state index contributed by atoms with van der Waals surface area (Å²) in [6, 6.07) is 17.4. The summed E-state index contributed by atoms with van der Waals surface area (Å²) in [6.07, 6.45) is 1.82. The van der Waals surface area contributed by atoms with E-state index < -0.39 is 0 Å². The van der Waals surface area contributed by atoms with Crippen LogP contribution in [0, 0.1) is 0 Å². The van der Waals surface area contributed by atoms with E-state index in [9.17, 15) is 4.79 Å². The van der Waals surface area contributed by atoms with Gasteiger partial charge in [0.05, 0.1) is 21.9 Å². The number of urea groups is 1. The molecule has 1 aromatic heterocycles. The van der Waals surface area contributed by atoms with E-state index in [1.54, 1.807) is 12.1 Å². The van der Waals surface area contributed by atoms with E-state index in [0.717, 1.165) is 29.7 Å². The summed E-state index contributed by atoms with van der Waals surface area (Å²) in [5.41, 5.74) is 2.76. The van der Waals surface area contributed by atoms with Gasteiger partial charge in [-0.15, -0.1) is 0 Å². The van der Waals surface area contributed by atoms with E-state index in [4.69, 9.17) is 11.6 Å². The van der Waals surface area contributed by atoms with E-state index in [-0.39, 0.29) is 6.03 Å². The number of nitrogens with one attached hydrogen (secondary N) is 1. The Morgan fingerprint density at radius 3 is 2.54 bits per heavy atom. The Labute approximate surface area is 157 Å². The van der Waals surface area contributed by atoms with Crippen molar-refractivity contribution in [3.05, 3.63) is 65.8 Å². The van der Waals surface area contributed by atoms with Crippen LogP contribution in [-0.2, 0) is 0 Å². The summed E-state index contributed by atoms with van der Waals surface area (Å²) in [7, 11) is 0. The molecule has 0 atom stereocenters. The van der Waals surface area contributed by atoms with Crippen molar-refractivity contribution in [1.82, 2.24) is 9.88 Å². The highest BCUT2D eigenvalue weighted by Crippen LogP contribution is 2.26. The van der Waals surface area contributed by atoms with Crippen LogP contribution in [0.15, 0.2) is 60.8 Å². The molecule has 1 aliphatic rings. The zero-order chi connectivity index (χ0) is 17.9. The molecule has 4 rings (SSSR count). The second kappa shape index (κ2) is 7.22. The minimum atomic E-state index is -0.117. The van der Waals surface area contributed by atoms with Crippen LogP contribution >= 0.6 is 11.6 Å². The predicted octanol–water partition coefficient (Wildman–Crippen LogP) is 4.24. The Balaban J connectivity index is 1.44. The van der Waals surface area contributed by atoms with E-state index >= 15 is 0 Å². The number of pyridine rings is 1. The number of hydrogen-bond acceptors (Lipinski definition) is 3. The first-order chi connectivity index (χ1) is 12.7. The lowest BCUT2D eigenvalue weighted by Crippen LogP contribution is -2.50. The van der Waals surface area contributed by atoms with Gasteiger partial charge in [-0.25, -0.2) is 4.79 Å². The van der Waals surface area contributed by atoms with E-state index in [1.807, 2.05) is 29.3 Å². The summed E-state index contributed by atoms with van der Waals surface area (Å²) < 4.78 is 0. The van der Waals surface area contributed by atoms with Crippen molar-refractivity contribution in [2.24, 2.45) is 0 Å². The Kier molecular flexibility index (Phi) is 4.63. The molecule has 3 aromatic rings. The van der Waals surface area contributed by atoms with Crippen molar-refractivity contribution >= 4 is 39.9 Å². The third-order valence-corrected chi connectivity index (χ3v) is 4.96. The number of benzene rings is 2. The summed E-state index contributed by atoms with van der Waals surface area (Å²) in [5.74, 6) is 0. The highest BCUT2D eigenvalue weighted by atomic mass is 35.5. The van der Waals surface area contributed by atoms with E-state index in [0.29, 0.717) is 23.8 Å². The summed E-state index contributed by atoms with van der Waals surface area (Å²) in [6.45, 7) is 2.84. The van der Waals surface area contributed by atoms with E-state index in [1.165, 1.54) is 0 Å². The van der Waals surface area contributed by atoms with Crippen LogP contribution in [0.3, 0.4) is 0 Å². The average molecular weight is 367 g/mol. The standard InChI is InChI=1S/C20H19ClN4O/c21-16-7-1-2-8-17(16)23-20(26)25-13-11-24(12-14-25)18-9-3-5-15-6-4-10-22-19(15)18/h1-10H,11-14H2,(H,23,26). The minimum absolute atomic E-state index is 0.117. The van der Waals surface area contributed by atoms with Crippen LogP contribution < -0.4 is 10.2 Å². The molecule has 6 heteroatoms. The van der Waals surface area contributed by atoms with Crippen molar-refractivity contribution in [2.45, 2.75) is 0 Å². The van der Waals surface area contributed by atoms with Crippen LogP contribution in [-0.4, -0.2) is 42.1 Å². The highest BCUT2D eigenvalue weighted by molar-refractivity contribution is 6.33. The van der Waals surface area contributed by atoms with Crippen LogP contribution in [0.25, 0.3) is 10.9 Å². The van der Waals surface area contributed by atoms with Gasteiger partial charge in [0.15, 0.2) is 0 Å². The van der Waals surface area contributed by atoms with Crippen molar-refractivity contribution in [3.8, 4) is 0 Å². The first kappa shape index (κ1) is 16.7. The lowest BCUT2D eigenvalue weighted by atomic mass is 10.1. The number of anilines is 2. The third kappa shape index (κ3) is 3.30. The van der Waals surface area contributed by atoms with Gasteiger partial charge in [0.1, 0.15) is 0 Å². The van der Waals surface area contributed by atoms with Crippen molar-refractivity contribution < 1.29 is 4.79 Å². The van der Waals surface area contributed by atoms with Gasteiger partial charge in [-0.1, -0.05) is 41.9 Å². The Hall–Kier alpha value is -2.79. The molecule has 0 saturated carbocycles. The Morgan fingerprint density at radius 1 is 0.962 bits per heavy atom. The first-order valence-corrected chi connectivity index (χ1v) is 8.99. The molecule has 0 radical (unpaired) electrons. The Bertz CT molecular complexity index is 933. The molecule has 132 valence electrons. The molecule has 1 saturated heterocycles. The Morgan fingerprint density at radius 2 is 1.73 bits per heavy atom. The van der Waals surface area contributed by atoms with Gasteiger partial charge in [-0.05, 0) is 24.3 Å². The number of amides is 2. The fourth-order valence-corrected chi connectivity index (χ4v) is 3.43. The lowest BCUT2D eigenvalue weighted by molar-refractivity contribution is 0.208. The molecular formula is C20H19ClN4O. The van der Waals surface area contributed by atoms with Crippen LogP contribution in [0.1, 0.15) is 0 Å². The van der Waals surface area contributed by atoms with Crippen LogP contribution in [0.2, 0.25) is 5.02 Å². The number of rotatable bonds is 2. The largest absolute Gasteiger partial charge is 0.366 e. The molecule has 0 spiro atoms. The highest BCUT2D eigenvalue weighted by Gasteiger charge is 2.22. The zero-order valence-corrected chi connectivity index (χ0v) is 15.0. The van der Waals surface area contributed by atoms with E-state index in [2.05, 4.69) is 39.5 Å². The number of para-hydroxylation sites is 2. The topological polar surface area (TPSA) is 48.5 Å². The van der Waals surface area contributed by atoms with Gasteiger partial charge in [0, 0.05) is 37.8 Å². The quantitative estimate of drug-likeness (QED) is 0.737. The monoisotopic (exact) mass is 366 g/mol. The molecule has 0 aliphatic carbocycles. The smallest absolute Gasteiger partial charge is 0.322 e. The zero-order valence-electron chi connectivity index (χ0n) is 14.2. The second-order valence-electron chi connectivity index (χ2n) is 6.24. The number of carbonyl (C=O) groups excluding carboxylic acids is 1. The maximum absolute atomic E-state index is 12.5. The predicted molar refractivity (Wildman–Crippen MR) is 106 cm³/mol. The van der Waals surface area contributed by atoms with Crippen molar-refractivity contribution in [2.75, 3.05) is 36.4 Å². The lowest BCUT2D eigenvalue weighted by Gasteiger charge is -2.36. The molecule has 1 fully saturated rings. The minimum Gasteiger partial charge on any atom is -0.366 e. The normalized spacial score (nSPS) is 14.5. The van der Waals surface area contributed by atoms with Gasteiger partial charge < -0.3 is 15.1 Å². The summed E-state index contributed by atoms with van der Waals surface area (Å²) in [4.78, 5) is 21.1. The van der Waals surface area contributed by atoms with Crippen molar-refractivity contribution in [3.63, 3.8) is 0 Å². The molecule has 1 N–H and O–H groups in total. The molecule has 2 amide bonds. The number of halogens is 1. The maximum Gasteiger partial charge on any atom is 0.322 e. The fourth-order valence-electron chi connectivity index (χ4n) is 3.25. The van der Waals surface area contributed by atoms with Gasteiger partial charge in [0.2, 0.25) is 0 Å². The fraction of sp³-hybridized carbons (Fsp3) is 0.200. The summed E-state index contributed by atoms with van der Waals surface area (Å²) in [5, 5.41) is 4.56. The average Bonchev–Trinajstić information content (AvgIpc) is 2.69. The molecule has 0 bridgehead atoms. The number of carbonyl (C=O) groups is 1. The van der Waals surface area contributed by atoms with Gasteiger partial charge >= 0.3 is 6.03 Å². The molecular weight excluding hydrogens is 348 g/mol. The molecule has 26 heavy (non-hydrogen) atoms. The molecule has 2 aromatic carbocycles. The first-order valence-electron chi connectivity index (χ1n) is 8.61. The SMILES string of the molecule is O=C(Nc1ccccc1Cl)N1CCN(c2cccc3cccnc23)CC1. The second-order valence-corrected chi connectivity index (χ2v) is 6.64. The summed E-state index contributed by atoms with van der Waals surface area (Å²) >= 11 is 6.12. The van der Waals surface area contributed by atoms with Crippen LogP contribution in [0.4, 0.5) is 16.2 Å². The molecule has 2 heterocycles. The molecule has 0 unspecified atom stereocenters. The van der Waals surface area contributed by atoms with Crippen LogP contribution in [0.5, 0.6) is 0 Å². The number of hydrogen-bond donors (Lipinski definition) is 1. The van der Waals surface area contributed by atoms with Gasteiger partial charge in [-0.2, -0.15) is 0 Å². The van der Waals surface area contributed by atoms with Crippen molar-refractivity contribution in [1.29, 1.82) is 0 Å². The molecule has 5 nitrogen and oxygen atoms in total. The molecule has 1 aliphatic heterocycles. The number of nitrogens with zero attached hydrogens (tertiary/aromatic N) is 3.